The summed E-state index contributed by atoms with van der Waals surface area (Å²) >= 11 is 2.41. The summed E-state index contributed by atoms with van der Waals surface area (Å²) < 4.78 is 32.7. The molecule has 7 nitrogen and oxygen atoms in total. The molecular weight excluding hydrogens is 541 g/mol. The van der Waals surface area contributed by atoms with Crippen molar-refractivity contribution in [1.29, 1.82) is 0 Å². The van der Waals surface area contributed by atoms with Gasteiger partial charge >= 0.3 is 5.97 Å². The largest absolute Gasteiger partial charge is 0.511 e. The van der Waals surface area contributed by atoms with E-state index in [2.05, 4.69) is 42.6 Å². The van der Waals surface area contributed by atoms with Gasteiger partial charge in [0, 0.05) is 11.3 Å². The number of cyclic esters (lactones) is 1. The molecule has 0 bridgehead atoms. The molecule has 0 saturated carbocycles. The van der Waals surface area contributed by atoms with Gasteiger partial charge in [-0.2, -0.15) is 0 Å². The lowest BCUT2D eigenvalue weighted by molar-refractivity contribution is -0.164. The number of aliphatic hydroxyl groups excluding tert-OH is 1. The van der Waals surface area contributed by atoms with E-state index >= 15 is 0 Å². The van der Waals surface area contributed by atoms with E-state index in [1.54, 1.807) is 0 Å². The number of hydrogen-bond donors (Lipinski definition) is 2. The summed E-state index contributed by atoms with van der Waals surface area (Å²) in [4.78, 5) is 18.8. The van der Waals surface area contributed by atoms with Crippen LogP contribution >= 0.6 is 23.1 Å². The standard InChI is InChI=1S/C28H34N2O5S3/c1-17(2)28(13-12-18-10-8-7-9-11-18)16-21(31)24(25(32)35-28)36-22-15-23-20(14-19(22)27(3,4)5)29-26(37-23)30-38(6,33)34/h7-11,14-15,17,31H,12-13,16H2,1-6H3,(H,29,30). The first-order valence-electron chi connectivity index (χ1n) is 12.5. The number of anilines is 1. The number of aliphatic hydroxyl groups is 1. The number of thioether (sulfide) groups is 1. The molecular formula is C28H34N2O5S3. The van der Waals surface area contributed by atoms with Gasteiger partial charge in [-0.05, 0) is 47.4 Å². The number of carbonyl (C=O) groups excluding carboxylic acids is 1. The quantitative estimate of drug-likeness (QED) is 0.285. The van der Waals surface area contributed by atoms with Crippen LogP contribution in [0.5, 0.6) is 0 Å². The number of sulfonamides is 1. The van der Waals surface area contributed by atoms with Gasteiger partial charge in [0.25, 0.3) is 0 Å². The van der Waals surface area contributed by atoms with E-state index in [9.17, 15) is 18.3 Å². The summed E-state index contributed by atoms with van der Waals surface area (Å²) in [5.74, 6) is -0.468. The van der Waals surface area contributed by atoms with Crippen molar-refractivity contribution in [3.05, 3.63) is 64.3 Å². The first-order chi connectivity index (χ1) is 17.7. The molecule has 1 aromatic heterocycles. The van der Waals surface area contributed by atoms with Gasteiger partial charge in [-0.25, -0.2) is 18.2 Å². The van der Waals surface area contributed by atoms with Gasteiger partial charge in [-0.3, -0.25) is 4.72 Å². The maximum atomic E-state index is 13.4. The van der Waals surface area contributed by atoms with Gasteiger partial charge in [-0.1, -0.05) is 88.0 Å². The fourth-order valence-electron chi connectivity index (χ4n) is 4.54. The molecule has 2 N–H and O–H groups in total. The molecule has 0 amide bonds. The molecule has 4 rings (SSSR count). The topological polar surface area (TPSA) is 106 Å². The SMILES string of the molecule is CC(C)C1(CCc2ccccc2)CC(O)=C(Sc2cc3sc(NS(C)(=O)=O)nc3cc2C(C)(C)C)C(=O)O1. The summed E-state index contributed by atoms with van der Waals surface area (Å²) in [5, 5.41) is 11.5. The van der Waals surface area contributed by atoms with Gasteiger partial charge in [-0.15, -0.1) is 0 Å². The summed E-state index contributed by atoms with van der Waals surface area (Å²) in [6, 6.07) is 13.9. The van der Waals surface area contributed by atoms with Crippen LogP contribution in [0, 0.1) is 5.92 Å². The second-order valence-corrected chi connectivity index (χ2v) is 14.9. The normalized spacial score (nSPS) is 18.8. The third-order valence-corrected chi connectivity index (χ3v) is 9.52. The Kier molecular flexibility index (Phi) is 7.89. The zero-order chi connectivity index (χ0) is 27.9. The van der Waals surface area contributed by atoms with Gasteiger partial charge in [0.05, 0.1) is 16.5 Å². The van der Waals surface area contributed by atoms with Crippen molar-refractivity contribution in [2.45, 2.75) is 69.8 Å². The van der Waals surface area contributed by atoms with Crippen LogP contribution in [0.4, 0.5) is 5.13 Å². The second-order valence-electron chi connectivity index (χ2n) is 11.1. The summed E-state index contributed by atoms with van der Waals surface area (Å²) in [7, 11) is -3.46. The van der Waals surface area contributed by atoms with Crippen molar-refractivity contribution in [1.82, 2.24) is 4.98 Å². The smallest absolute Gasteiger partial charge is 0.349 e. The van der Waals surface area contributed by atoms with Crippen molar-refractivity contribution in [3.63, 3.8) is 0 Å². The first kappa shape index (κ1) is 28.4. The van der Waals surface area contributed by atoms with Crippen LogP contribution in [0.3, 0.4) is 0 Å². The number of benzene rings is 2. The van der Waals surface area contributed by atoms with Crippen molar-refractivity contribution in [3.8, 4) is 0 Å². The van der Waals surface area contributed by atoms with Gasteiger partial charge in [0.15, 0.2) is 5.13 Å². The number of thiazole rings is 1. The van der Waals surface area contributed by atoms with Crippen LogP contribution in [-0.2, 0) is 31.4 Å². The first-order valence-corrected chi connectivity index (χ1v) is 16.0. The van der Waals surface area contributed by atoms with Gasteiger partial charge in [0.2, 0.25) is 10.0 Å². The molecule has 0 aliphatic carbocycles. The number of fused-ring (bicyclic) bond motifs is 1. The van der Waals surface area contributed by atoms with E-state index < -0.39 is 21.6 Å². The molecule has 2 aromatic carbocycles. The number of rotatable bonds is 8. The molecule has 0 radical (unpaired) electrons. The van der Waals surface area contributed by atoms with Gasteiger partial charge < -0.3 is 9.84 Å². The van der Waals surface area contributed by atoms with Crippen LogP contribution in [-0.4, -0.2) is 36.3 Å². The molecule has 2 heterocycles. The maximum Gasteiger partial charge on any atom is 0.349 e. The molecule has 38 heavy (non-hydrogen) atoms. The predicted octanol–water partition coefficient (Wildman–Crippen LogP) is 6.80. The Balaban J connectivity index is 1.67. The molecule has 1 aliphatic rings. The number of esters is 1. The van der Waals surface area contributed by atoms with E-state index in [-0.39, 0.29) is 33.5 Å². The molecule has 204 valence electrons. The predicted molar refractivity (Wildman–Crippen MR) is 155 cm³/mol. The highest BCUT2D eigenvalue weighted by molar-refractivity contribution is 8.04. The number of carbonyl (C=O) groups is 1. The fourth-order valence-corrected chi connectivity index (χ4v) is 7.52. The number of hydrogen-bond acceptors (Lipinski definition) is 8. The average molecular weight is 575 g/mol. The third-order valence-electron chi connectivity index (χ3n) is 6.72. The van der Waals surface area contributed by atoms with Crippen molar-refractivity contribution in [2.24, 2.45) is 5.92 Å². The molecule has 3 aromatic rings. The van der Waals surface area contributed by atoms with Crippen molar-refractivity contribution >= 4 is 54.4 Å². The average Bonchev–Trinajstić information content (AvgIpc) is 3.19. The second kappa shape index (κ2) is 10.5. The fraction of sp³-hybridized carbons (Fsp3) is 0.429. The van der Waals surface area contributed by atoms with Crippen molar-refractivity contribution < 1.29 is 23.1 Å². The van der Waals surface area contributed by atoms with Crippen LogP contribution < -0.4 is 4.72 Å². The third kappa shape index (κ3) is 6.35. The van der Waals surface area contributed by atoms with Crippen LogP contribution in [0.2, 0.25) is 0 Å². The monoisotopic (exact) mass is 574 g/mol. The molecule has 1 atom stereocenters. The zero-order valence-corrected chi connectivity index (χ0v) is 24.9. The number of aromatic nitrogens is 1. The lowest BCUT2D eigenvalue weighted by Gasteiger charge is -2.40. The maximum absolute atomic E-state index is 13.4. The Morgan fingerprint density at radius 1 is 1.21 bits per heavy atom. The molecule has 0 spiro atoms. The summed E-state index contributed by atoms with van der Waals surface area (Å²) in [6.07, 6.45) is 2.68. The molecule has 10 heteroatoms. The Morgan fingerprint density at radius 2 is 1.89 bits per heavy atom. The van der Waals surface area contributed by atoms with Crippen LogP contribution in [0.15, 0.2) is 58.0 Å². The van der Waals surface area contributed by atoms with E-state index in [4.69, 9.17) is 4.74 Å². The van der Waals surface area contributed by atoms with E-state index in [1.165, 1.54) is 23.1 Å². The van der Waals surface area contributed by atoms with E-state index in [0.29, 0.717) is 11.9 Å². The zero-order valence-electron chi connectivity index (χ0n) is 22.5. The van der Waals surface area contributed by atoms with Crippen molar-refractivity contribution in [2.75, 3.05) is 11.0 Å². The number of nitrogens with zero attached hydrogens (tertiary/aromatic N) is 1. The number of ether oxygens (including phenoxy) is 1. The summed E-state index contributed by atoms with van der Waals surface area (Å²) in [6.45, 7) is 10.2. The Labute approximate surface area is 232 Å². The molecule has 0 saturated heterocycles. The van der Waals surface area contributed by atoms with Crippen LogP contribution in [0.25, 0.3) is 10.2 Å². The Bertz CT molecular complexity index is 1490. The minimum absolute atomic E-state index is 0.0170. The van der Waals surface area contributed by atoms with Gasteiger partial charge in [0.1, 0.15) is 16.3 Å². The summed E-state index contributed by atoms with van der Waals surface area (Å²) in [5.41, 5.74) is 1.67. The minimum Gasteiger partial charge on any atom is -0.511 e. The number of nitrogens with one attached hydrogen (secondary N) is 1. The highest BCUT2D eigenvalue weighted by Crippen LogP contribution is 2.46. The highest BCUT2D eigenvalue weighted by Gasteiger charge is 2.44. The molecule has 0 fully saturated rings. The number of aryl methyl sites for hydroxylation is 1. The minimum atomic E-state index is -3.46. The molecule has 1 aliphatic heterocycles. The van der Waals surface area contributed by atoms with E-state index in [0.717, 1.165) is 33.4 Å². The lowest BCUT2D eigenvalue weighted by atomic mass is 9.80. The molecule has 1 unspecified atom stereocenters. The lowest BCUT2D eigenvalue weighted by Crippen LogP contribution is -2.44. The highest BCUT2D eigenvalue weighted by atomic mass is 32.2. The Hall–Kier alpha value is -2.56. The van der Waals surface area contributed by atoms with E-state index in [1.807, 2.05) is 44.2 Å². The van der Waals surface area contributed by atoms with Crippen LogP contribution in [0.1, 0.15) is 58.6 Å². The Morgan fingerprint density at radius 3 is 2.47 bits per heavy atom.